The van der Waals surface area contributed by atoms with Crippen molar-refractivity contribution in [2.75, 3.05) is 5.75 Å². The molecule has 0 aliphatic rings. The van der Waals surface area contributed by atoms with Crippen LogP contribution in [-0.2, 0) is 13.0 Å². The summed E-state index contributed by atoms with van der Waals surface area (Å²) in [5.41, 5.74) is 4.73. The first-order valence-corrected chi connectivity index (χ1v) is 11.2. The van der Waals surface area contributed by atoms with Crippen LogP contribution in [0.4, 0.5) is 0 Å². The van der Waals surface area contributed by atoms with Crippen LogP contribution in [0.25, 0.3) is 11.5 Å². The molecule has 4 aromatic rings. The van der Waals surface area contributed by atoms with E-state index in [9.17, 15) is 4.79 Å². The van der Waals surface area contributed by atoms with Gasteiger partial charge in [0.15, 0.2) is 5.78 Å². The molecule has 31 heavy (non-hydrogen) atoms. The minimum absolute atomic E-state index is 0.0371. The van der Waals surface area contributed by atoms with E-state index in [-0.39, 0.29) is 11.5 Å². The molecule has 0 saturated heterocycles. The smallest absolute Gasteiger partial charge is 0.277 e. The predicted octanol–water partition coefficient (Wildman–Crippen LogP) is 5.93. The number of halogens is 1. The number of aromatic nitrogens is 3. The molecule has 0 N–H and O–H groups in total. The third kappa shape index (κ3) is 4.78. The SMILES string of the molecule is Cc1occc1-c1nnc(SCC(=O)c2cc(C)n(CCc3ccc(Cl)cc3)c2C)o1. The fraction of sp³-hybridized carbons (Fsp3) is 0.261. The van der Waals surface area contributed by atoms with Crippen LogP contribution in [0.15, 0.2) is 56.7 Å². The Morgan fingerprint density at radius 2 is 1.90 bits per heavy atom. The van der Waals surface area contributed by atoms with Crippen molar-refractivity contribution in [3.8, 4) is 11.5 Å². The van der Waals surface area contributed by atoms with Gasteiger partial charge in [-0.15, -0.1) is 10.2 Å². The highest BCUT2D eigenvalue weighted by Crippen LogP contribution is 2.27. The van der Waals surface area contributed by atoms with Crippen LogP contribution < -0.4 is 0 Å². The van der Waals surface area contributed by atoms with Crippen molar-refractivity contribution in [1.29, 1.82) is 0 Å². The van der Waals surface area contributed by atoms with E-state index < -0.39 is 0 Å². The van der Waals surface area contributed by atoms with Crippen LogP contribution in [0.3, 0.4) is 0 Å². The predicted molar refractivity (Wildman–Crippen MR) is 121 cm³/mol. The van der Waals surface area contributed by atoms with Gasteiger partial charge in [0.2, 0.25) is 0 Å². The summed E-state index contributed by atoms with van der Waals surface area (Å²) in [6.45, 7) is 6.64. The fourth-order valence-electron chi connectivity index (χ4n) is 3.51. The molecule has 0 amide bonds. The van der Waals surface area contributed by atoms with Gasteiger partial charge in [-0.25, -0.2) is 0 Å². The lowest BCUT2D eigenvalue weighted by Crippen LogP contribution is -2.08. The second kappa shape index (κ2) is 9.16. The molecule has 8 heteroatoms. The van der Waals surface area contributed by atoms with Gasteiger partial charge in [-0.05, 0) is 57.0 Å². The molecular formula is C23H22ClN3O3S. The van der Waals surface area contributed by atoms with Gasteiger partial charge in [-0.1, -0.05) is 35.5 Å². The Balaban J connectivity index is 1.40. The number of nitrogens with zero attached hydrogens (tertiary/aromatic N) is 3. The Morgan fingerprint density at radius 1 is 1.13 bits per heavy atom. The Bertz CT molecular complexity index is 1210. The van der Waals surface area contributed by atoms with Crippen LogP contribution in [-0.4, -0.2) is 26.3 Å². The number of benzene rings is 1. The largest absolute Gasteiger partial charge is 0.469 e. The molecule has 160 valence electrons. The van der Waals surface area contributed by atoms with Crippen molar-refractivity contribution >= 4 is 29.1 Å². The van der Waals surface area contributed by atoms with Gasteiger partial charge >= 0.3 is 0 Å². The lowest BCUT2D eigenvalue weighted by Gasteiger charge is -2.10. The Kier molecular flexibility index (Phi) is 6.34. The van der Waals surface area contributed by atoms with Gasteiger partial charge in [-0.2, -0.15) is 0 Å². The molecule has 0 unspecified atom stereocenters. The zero-order valence-electron chi connectivity index (χ0n) is 17.5. The number of furan rings is 1. The summed E-state index contributed by atoms with van der Waals surface area (Å²) in [6.07, 6.45) is 2.45. The number of thioether (sulfide) groups is 1. The minimum Gasteiger partial charge on any atom is -0.469 e. The molecule has 1 aromatic carbocycles. The second-order valence-corrected chi connectivity index (χ2v) is 8.65. The van der Waals surface area contributed by atoms with E-state index >= 15 is 0 Å². The van der Waals surface area contributed by atoms with Crippen molar-refractivity contribution < 1.29 is 13.6 Å². The van der Waals surface area contributed by atoms with Crippen LogP contribution in [0.2, 0.25) is 5.02 Å². The van der Waals surface area contributed by atoms with Crippen molar-refractivity contribution in [3.05, 3.63) is 76.0 Å². The molecule has 0 spiro atoms. The highest BCUT2D eigenvalue weighted by Gasteiger charge is 2.18. The number of carbonyl (C=O) groups is 1. The molecule has 6 nitrogen and oxygen atoms in total. The van der Waals surface area contributed by atoms with Gasteiger partial charge in [0.1, 0.15) is 5.76 Å². The number of aryl methyl sites for hydroxylation is 3. The van der Waals surface area contributed by atoms with Crippen LogP contribution in [0.1, 0.15) is 33.1 Å². The standard InChI is InChI=1S/C23H22ClN3O3S/c1-14-12-20(15(2)27(14)10-8-17-4-6-18(24)7-5-17)21(28)13-31-23-26-25-22(30-23)19-9-11-29-16(19)3/h4-7,9,11-12H,8,10,13H2,1-3H3. The number of ketones is 1. The molecule has 0 atom stereocenters. The monoisotopic (exact) mass is 455 g/mol. The van der Waals surface area contributed by atoms with Gasteiger partial charge in [0, 0.05) is 28.5 Å². The van der Waals surface area contributed by atoms with Crippen LogP contribution in [0.5, 0.6) is 0 Å². The minimum atomic E-state index is 0.0371. The third-order valence-corrected chi connectivity index (χ3v) is 6.30. The first-order chi connectivity index (χ1) is 14.9. The Labute approximate surface area is 189 Å². The van der Waals surface area contributed by atoms with E-state index in [2.05, 4.69) is 14.8 Å². The highest BCUT2D eigenvalue weighted by atomic mass is 35.5. The van der Waals surface area contributed by atoms with E-state index in [0.717, 1.165) is 40.5 Å². The molecule has 0 fully saturated rings. The van der Waals surface area contributed by atoms with Crippen molar-refractivity contribution in [2.45, 2.75) is 39.0 Å². The summed E-state index contributed by atoms with van der Waals surface area (Å²) in [7, 11) is 0. The van der Waals surface area contributed by atoms with Crippen LogP contribution in [0, 0.1) is 20.8 Å². The maximum absolute atomic E-state index is 12.9. The van der Waals surface area contributed by atoms with E-state index in [4.69, 9.17) is 20.4 Å². The summed E-state index contributed by atoms with van der Waals surface area (Å²) >= 11 is 7.20. The number of Topliss-reactive ketones (excluding diaryl/α,β-unsaturated/α-hetero) is 1. The normalized spacial score (nSPS) is 11.2. The van der Waals surface area contributed by atoms with E-state index in [1.165, 1.54) is 17.3 Å². The van der Waals surface area contributed by atoms with Crippen molar-refractivity contribution in [1.82, 2.24) is 14.8 Å². The van der Waals surface area contributed by atoms with Gasteiger partial charge in [0.05, 0.1) is 17.6 Å². The molecular weight excluding hydrogens is 434 g/mol. The molecule has 3 heterocycles. The maximum atomic E-state index is 12.9. The topological polar surface area (TPSA) is 74.1 Å². The molecule has 0 aliphatic heterocycles. The maximum Gasteiger partial charge on any atom is 0.277 e. The first kappa shape index (κ1) is 21.5. The van der Waals surface area contributed by atoms with Gasteiger partial charge < -0.3 is 13.4 Å². The molecule has 0 aliphatic carbocycles. The van der Waals surface area contributed by atoms with Crippen molar-refractivity contribution in [3.63, 3.8) is 0 Å². The average Bonchev–Trinajstić information content (AvgIpc) is 3.46. The summed E-state index contributed by atoms with van der Waals surface area (Å²) in [4.78, 5) is 12.9. The molecule has 0 radical (unpaired) electrons. The van der Waals surface area contributed by atoms with Crippen molar-refractivity contribution in [2.24, 2.45) is 0 Å². The van der Waals surface area contributed by atoms with Gasteiger partial charge in [-0.3, -0.25) is 4.79 Å². The van der Waals surface area contributed by atoms with Gasteiger partial charge in [0.25, 0.3) is 11.1 Å². The zero-order chi connectivity index (χ0) is 22.0. The van der Waals surface area contributed by atoms with Crippen LogP contribution >= 0.6 is 23.4 Å². The summed E-state index contributed by atoms with van der Waals surface area (Å²) in [5, 5.41) is 9.17. The molecule has 0 saturated carbocycles. The average molecular weight is 456 g/mol. The summed E-state index contributed by atoms with van der Waals surface area (Å²) < 4.78 is 13.1. The van der Waals surface area contributed by atoms with E-state index in [0.29, 0.717) is 16.9 Å². The van der Waals surface area contributed by atoms with E-state index in [1.54, 1.807) is 12.3 Å². The third-order valence-electron chi connectivity index (χ3n) is 5.23. The lowest BCUT2D eigenvalue weighted by molar-refractivity contribution is 0.102. The zero-order valence-corrected chi connectivity index (χ0v) is 19.1. The number of hydrogen-bond acceptors (Lipinski definition) is 6. The summed E-state index contributed by atoms with van der Waals surface area (Å²) in [6, 6.07) is 11.6. The Hall–Kier alpha value is -2.77. The summed E-state index contributed by atoms with van der Waals surface area (Å²) in [5.74, 6) is 1.37. The molecule has 4 rings (SSSR count). The Morgan fingerprint density at radius 3 is 2.61 bits per heavy atom. The lowest BCUT2D eigenvalue weighted by atomic mass is 10.1. The van der Waals surface area contributed by atoms with E-state index in [1.807, 2.05) is 51.1 Å². The first-order valence-electron chi connectivity index (χ1n) is 9.87. The fourth-order valence-corrected chi connectivity index (χ4v) is 4.28. The molecule has 3 aromatic heterocycles. The highest BCUT2D eigenvalue weighted by molar-refractivity contribution is 7.99. The molecule has 0 bridgehead atoms. The second-order valence-electron chi connectivity index (χ2n) is 7.29. The quantitative estimate of drug-likeness (QED) is 0.242. The number of hydrogen-bond donors (Lipinski definition) is 0. The number of rotatable bonds is 8. The number of carbonyl (C=O) groups excluding carboxylic acids is 1.